The molecule has 7 nitrogen and oxygen atoms in total. The summed E-state index contributed by atoms with van der Waals surface area (Å²) in [6, 6.07) is 5.84. The van der Waals surface area contributed by atoms with E-state index in [0.29, 0.717) is 31.4 Å². The van der Waals surface area contributed by atoms with E-state index in [-0.39, 0.29) is 18.2 Å². The maximum atomic E-state index is 12.9. The highest BCUT2D eigenvalue weighted by molar-refractivity contribution is 7.22. The van der Waals surface area contributed by atoms with E-state index < -0.39 is 5.60 Å². The Morgan fingerprint density at radius 3 is 3.07 bits per heavy atom. The van der Waals surface area contributed by atoms with Crippen molar-refractivity contribution in [2.75, 3.05) is 32.1 Å². The number of hydrogen-bond donors (Lipinski definition) is 1. The highest BCUT2D eigenvalue weighted by atomic mass is 32.1. The Morgan fingerprint density at radius 2 is 2.33 bits per heavy atom. The van der Waals surface area contributed by atoms with Crippen LogP contribution in [0.5, 0.6) is 0 Å². The molecule has 0 radical (unpaired) electrons. The normalized spacial score (nSPS) is 28.2. The van der Waals surface area contributed by atoms with E-state index in [2.05, 4.69) is 10.3 Å². The molecule has 8 heteroatoms. The Balaban J connectivity index is 1.52. The summed E-state index contributed by atoms with van der Waals surface area (Å²) in [5.74, 6) is 0. The van der Waals surface area contributed by atoms with Crippen LogP contribution in [0.25, 0.3) is 10.2 Å². The van der Waals surface area contributed by atoms with Gasteiger partial charge in [-0.05, 0) is 19.9 Å². The van der Waals surface area contributed by atoms with Crippen molar-refractivity contribution in [2.45, 2.75) is 44.7 Å². The molecule has 3 heterocycles. The molecule has 3 atom stereocenters. The number of amides is 2. The average molecular weight is 391 g/mol. The number of urea groups is 1. The highest BCUT2D eigenvalue weighted by Crippen LogP contribution is 2.35. The number of anilines is 1. The number of fused-ring (bicyclic) bond motifs is 1. The summed E-state index contributed by atoms with van der Waals surface area (Å²) in [7, 11) is 1.66. The van der Waals surface area contributed by atoms with Crippen molar-refractivity contribution in [3.8, 4) is 0 Å². The van der Waals surface area contributed by atoms with Crippen LogP contribution in [-0.4, -0.2) is 60.5 Å². The number of ether oxygens (including phenoxy) is 3. The van der Waals surface area contributed by atoms with Crippen LogP contribution in [0.3, 0.4) is 0 Å². The van der Waals surface area contributed by atoms with Crippen molar-refractivity contribution < 1.29 is 19.0 Å². The van der Waals surface area contributed by atoms with Crippen LogP contribution < -0.4 is 5.32 Å². The topological polar surface area (TPSA) is 72.9 Å². The first-order valence-corrected chi connectivity index (χ1v) is 10.0. The van der Waals surface area contributed by atoms with Crippen molar-refractivity contribution in [1.29, 1.82) is 0 Å². The van der Waals surface area contributed by atoms with E-state index in [1.165, 1.54) is 11.3 Å². The molecular formula is C19H25N3O4S. The standard InChI is InChI=1S/C19H25N3O4S/c1-12-9-22(11-19(26-12)7-8-25-13(19)2)18(23)21-17-20-16-14(10-24-3)5-4-6-15(16)27-17/h4-6,12-13H,7-11H2,1-3H3,(H,20,21,23). The van der Waals surface area contributed by atoms with Crippen LogP contribution in [0.2, 0.25) is 0 Å². The number of carbonyl (C=O) groups is 1. The summed E-state index contributed by atoms with van der Waals surface area (Å²) in [5, 5.41) is 3.57. The van der Waals surface area contributed by atoms with Gasteiger partial charge in [0.2, 0.25) is 0 Å². The first kappa shape index (κ1) is 18.6. The zero-order valence-electron chi connectivity index (χ0n) is 15.9. The fraction of sp³-hybridized carbons (Fsp3) is 0.579. The molecule has 3 unspecified atom stereocenters. The fourth-order valence-electron chi connectivity index (χ4n) is 3.96. The van der Waals surface area contributed by atoms with Crippen LogP contribution in [0, 0.1) is 0 Å². The lowest BCUT2D eigenvalue weighted by atomic mass is 9.93. The van der Waals surface area contributed by atoms with Crippen LogP contribution >= 0.6 is 11.3 Å². The first-order chi connectivity index (χ1) is 13.0. The Hall–Kier alpha value is -1.74. The molecule has 27 heavy (non-hydrogen) atoms. The second kappa shape index (κ2) is 7.35. The lowest BCUT2D eigenvalue weighted by molar-refractivity contribution is -0.159. The maximum absolute atomic E-state index is 12.9. The summed E-state index contributed by atoms with van der Waals surface area (Å²) in [5.41, 5.74) is 1.49. The van der Waals surface area contributed by atoms with Gasteiger partial charge < -0.3 is 19.1 Å². The van der Waals surface area contributed by atoms with E-state index in [1.54, 1.807) is 7.11 Å². The molecule has 2 aromatic rings. The van der Waals surface area contributed by atoms with Crippen molar-refractivity contribution >= 4 is 32.7 Å². The molecule has 1 N–H and O–H groups in total. The van der Waals surface area contributed by atoms with Crippen molar-refractivity contribution in [3.63, 3.8) is 0 Å². The number of methoxy groups -OCH3 is 1. The van der Waals surface area contributed by atoms with Gasteiger partial charge in [0.1, 0.15) is 5.60 Å². The number of carbonyl (C=O) groups excluding carboxylic acids is 1. The van der Waals surface area contributed by atoms with Gasteiger partial charge in [0, 0.05) is 32.2 Å². The van der Waals surface area contributed by atoms with Gasteiger partial charge in [-0.3, -0.25) is 5.32 Å². The summed E-state index contributed by atoms with van der Waals surface area (Å²) in [6.07, 6.45) is 0.760. The largest absolute Gasteiger partial charge is 0.380 e. The number of benzene rings is 1. The number of aromatic nitrogens is 1. The molecule has 1 spiro atoms. The van der Waals surface area contributed by atoms with Gasteiger partial charge >= 0.3 is 6.03 Å². The molecule has 1 aromatic carbocycles. The summed E-state index contributed by atoms with van der Waals surface area (Å²) < 4.78 is 18.2. The third-order valence-electron chi connectivity index (χ3n) is 5.31. The molecule has 2 aliphatic rings. The van der Waals surface area contributed by atoms with E-state index in [4.69, 9.17) is 14.2 Å². The molecule has 0 bridgehead atoms. The summed E-state index contributed by atoms with van der Waals surface area (Å²) in [4.78, 5) is 19.3. The number of nitrogens with one attached hydrogen (secondary N) is 1. The Kier molecular flexibility index (Phi) is 5.07. The molecule has 2 fully saturated rings. The predicted molar refractivity (Wildman–Crippen MR) is 104 cm³/mol. The minimum atomic E-state index is -0.408. The first-order valence-electron chi connectivity index (χ1n) is 9.23. The molecule has 2 amide bonds. The third-order valence-corrected chi connectivity index (χ3v) is 6.25. The van der Waals surface area contributed by atoms with Crippen LogP contribution in [0.1, 0.15) is 25.8 Å². The number of nitrogens with zero attached hydrogens (tertiary/aromatic N) is 2. The minimum absolute atomic E-state index is 0.0189. The molecule has 4 rings (SSSR count). The highest BCUT2D eigenvalue weighted by Gasteiger charge is 2.48. The molecule has 1 aromatic heterocycles. The molecular weight excluding hydrogens is 366 g/mol. The number of hydrogen-bond acceptors (Lipinski definition) is 6. The predicted octanol–water partition coefficient (Wildman–Crippen LogP) is 3.24. The van der Waals surface area contributed by atoms with Gasteiger partial charge in [-0.25, -0.2) is 9.78 Å². The van der Waals surface area contributed by atoms with Crippen molar-refractivity contribution in [2.24, 2.45) is 0 Å². The number of morpholine rings is 1. The van der Waals surface area contributed by atoms with Crippen molar-refractivity contribution in [3.05, 3.63) is 23.8 Å². The SMILES string of the molecule is COCc1cccc2sc(NC(=O)N3CC(C)OC4(CCOC4C)C3)nc12. The zero-order valence-corrected chi connectivity index (χ0v) is 16.7. The Bertz CT molecular complexity index is 841. The van der Waals surface area contributed by atoms with E-state index in [1.807, 2.05) is 36.9 Å². The van der Waals surface area contributed by atoms with Gasteiger partial charge in [-0.2, -0.15) is 0 Å². The molecule has 2 saturated heterocycles. The summed E-state index contributed by atoms with van der Waals surface area (Å²) in [6.45, 7) is 6.27. The summed E-state index contributed by atoms with van der Waals surface area (Å²) >= 11 is 1.47. The number of rotatable bonds is 3. The molecule has 2 aliphatic heterocycles. The lowest BCUT2D eigenvalue weighted by Gasteiger charge is -2.44. The smallest absolute Gasteiger partial charge is 0.323 e. The second-order valence-electron chi connectivity index (χ2n) is 7.28. The van der Waals surface area contributed by atoms with E-state index >= 15 is 0 Å². The van der Waals surface area contributed by atoms with Gasteiger partial charge in [-0.15, -0.1) is 0 Å². The third kappa shape index (κ3) is 3.54. The Morgan fingerprint density at radius 1 is 1.48 bits per heavy atom. The van der Waals surface area contributed by atoms with Gasteiger partial charge in [-0.1, -0.05) is 23.5 Å². The monoisotopic (exact) mass is 391 g/mol. The fourth-order valence-corrected chi connectivity index (χ4v) is 4.86. The van der Waals surface area contributed by atoms with E-state index in [0.717, 1.165) is 22.2 Å². The zero-order chi connectivity index (χ0) is 19.0. The molecule has 0 aliphatic carbocycles. The number of para-hydroxylation sites is 1. The van der Waals surface area contributed by atoms with Crippen LogP contribution in [0.15, 0.2) is 18.2 Å². The minimum Gasteiger partial charge on any atom is -0.380 e. The molecule has 146 valence electrons. The second-order valence-corrected chi connectivity index (χ2v) is 8.31. The van der Waals surface area contributed by atoms with E-state index in [9.17, 15) is 4.79 Å². The van der Waals surface area contributed by atoms with Crippen LogP contribution in [-0.2, 0) is 20.8 Å². The quantitative estimate of drug-likeness (QED) is 0.870. The molecule has 0 saturated carbocycles. The van der Waals surface area contributed by atoms with Gasteiger partial charge in [0.05, 0.1) is 35.6 Å². The maximum Gasteiger partial charge on any atom is 0.323 e. The Labute approximate surface area is 162 Å². The van der Waals surface area contributed by atoms with Gasteiger partial charge in [0.25, 0.3) is 0 Å². The lowest BCUT2D eigenvalue weighted by Crippen LogP contribution is -2.60. The van der Waals surface area contributed by atoms with Crippen molar-refractivity contribution in [1.82, 2.24) is 9.88 Å². The van der Waals surface area contributed by atoms with Crippen LogP contribution in [0.4, 0.5) is 9.93 Å². The van der Waals surface area contributed by atoms with Gasteiger partial charge in [0.15, 0.2) is 5.13 Å². The average Bonchev–Trinajstić information content (AvgIpc) is 3.19. The number of thiazole rings is 1.